The highest BCUT2D eigenvalue weighted by molar-refractivity contribution is 6.45. The van der Waals surface area contributed by atoms with Gasteiger partial charge in [-0.1, -0.05) is 62.8 Å². The van der Waals surface area contributed by atoms with Gasteiger partial charge in [0.15, 0.2) is 0 Å². The molecule has 1 aliphatic heterocycles. The number of rotatable bonds is 6. The van der Waals surface area contributed by atoms with Crippen LogP contribution in [0.2, 0.25) is 5.04 Å². The molecule has 0 aromatic heterocycles. The second-order valence-electron chi connectivity index (χ2n) is 6.53. The van der Waals surface area contributed by atoms with Gasteiger partial charge >= 0.3 is 0 Å². The highest BCUT2D eigenvalue weighted by Gasteiger charge is 2.32. The molecule has 3 unspecified atom stereocenters. The van der Waals surface area contributed by atoms with Crippen LogP contribution in [0.3, 0.4) is 0 Å². The van der Waals surface area contributed by atoms with Crippen LogP contribution in [0.1, 0.15) is 45.1 Å². The fourth-order valence-electron chi connectivity index (χ4n) is 3.37. The van der Waals surface area contributed by atoms with E-state index in [1.54, 1.807) is 0 Å². The van der Waals surface area contributed by atoms with E-state index >= 15 is 0 Å². The lowest BCUT2D eigenvalue weighted by atomic mass is 9.85. The predicted molar refractivity (Wildman–Crippen MR) is 97.5 cm³/mol. The summed E-state index contributed by atoms with van der Waals surface area (Å²) in [5.74, 6) is 0.673. The quantitative estimate of drug-likeness (QED) is 0.785. The van der Waals surface area contributed by atoms with Gasteiger partial charge in [0.25, 0.3) is 0 Å². The number of piperidine rings is 1. The van der Waals surface area contributed by atoms with Gasteiger partial charge in [0.05, 0.1) is 0 Å². The Hall–Kier alpha value is -0.993. The molecular formula is C19H29NSi. The van der Waals surface area contributed by atoms with Crippen molar-refractivity contribution in [2.75, 3.05) is 6.54 Å². The van der Waals surface area contributed by atoms with Crippen LogP contribution in [-0.4, -0.2) is 27.9 Å². The van der Waals surface area contributed by atoms with Crippen molar-refractivity contribution in [3.8, 4) is 0 Å². The van der Waals surface area contributed by atoms with Crippen LogP contribution in [0.25, 0.3) is 6.08 Å². The average molecular weight is 300 g/mol. The molecule has 1 aromatic rings. The molecule has 0 aliphatic carbocycles. The Morgan fingerprint density at radius 1 is 1.33 bits per heavy atom. The summed E-state index contributed by atoms with van der Waals surface area (Å²) in [6.07, 6.45) is 14.1. The van der Waals surface area contributed by atoms with Crippen molar-refractivity contribution in [1.29, 1.82) is 0 Å². The molecule has 114 valence electrons. The largest absolute Gasteiger partial charge is 0.313 e. The lowest BCUT2D eigenvalue weighted by Crippen LogP contribution is -2.46. The van der Waals surface area contributed by atoms with Gasteiger partial charge in [-0.3, -0.25) is 0 Å². The number of hydrogen-bond acceptors (Lipinski definition) is 1. The molecule has 0 spiro atoms. The maximum atomic E-state index is 4.28. The van der Waals surface area contributed by atoms with Crippen LogP contribution in [0, 0.1) is 5.92 Å². The van der Waals surface area contributed by atoms with Gasteiger partial charge < -0.3 is 5.32 Å². The second kappa shape index (κ2) is 7.86. The van der Waals surface area contributed by atoms with Crippen LogP contribution in [0.4, 0.5) is 0 Å². The van der Waals surface area contributed by atoms with Crippen molar-refractivity contribution in [3.63, 3.8) is 0 Å². The van der Waals surface area contributed by atoms with Gasteiger partial charge in [0, 0.05) is 12.6 Å². The van der Waals surface area contributed by atoms with Gasteiger partial charge in [0.1, 0.15) is 0 Å². The first-order chi connectivity index (χ1) is 10.2. The minimum Gasteiger partial charge on any atom is -0.313 e. The first kappa shape index (κ1) is 16.4. The van der Waals surface area contributed by atoms with E-state index in [0.29, 0.717) is 17.0 Å². The smallest absolute Gasteiger partial charge is 0.0124 e. The molecule has 1 fully saturated rings. The summed E-state index contributed by atoms with van der Waals surface area (Å²) >= 11 is 0. The normalized spacial score (nSPS) is 25.6. The van der Waals surface area contributed by atoms with Crippen LogP contribution >= 0.6 is 0 Å². The van der Waals surface area contributed by atoms with E-state index < -0.39 is 0 Å². The van der Waals surface area contributed by atoms with Gasteiger partial charge in [-0.25, -0.2) is 0 Å². The van der Waals surface area contributed by atoms with Crippen molar-refractivity contribution in [1.82, 2.24) is 5.32 Å². The molecule has 1 nitrogen and oxygen atoms in total. The predicted octanol–water partition coefficient (Wildman–Crippen LogP) is 3.92. The Labute approximate surface area is 132 Å². The zero-order chi connectivity index (χ0) is 15.1. The van der Waals surface area contributed by atoms with Crippen molar-refractivity contribution in [2.24, 2.45) is 5.92 Å². The van der Waals surface area contributed by atoms with Crippen LogP contribution < -0.4 is 5.32 Å². The fraction of sp³-hybridized carbons (Fsp3) is 0.526. The molecule has 1 aliphatic rings. The van der Waals surface area contributed by atoms with E-state index in [1.165, 1.54) is 31.2 Å². The van der Waals surface area contributed by atoms with E-state index in [-0.39, 0.29) is 9.13 Å². The summed E-state index contributed by atoms with van der Waals surface area (Å²) in [7, 11) is 0.277. The van der Waals surface area contributed by atoms with Crippen molar-refractivity contribution in [3.05, 3.63) is 42.0 Å². The minimum atomic E-state index is 0.277. The maximum Gasteiger partial charge on any atom is 0.0124 e. The standard InChI is InChI=1S/C19H29NSi/c1-4-14-19(2,21-3)18-13-12-17(15-20-18)11-10-16-8-6-5-7-9-16/h5-11,17-18,20-21H,3-4,12-15H2,1-2H3/b11-10-. The summed E-state index contributed by atoms with van der Waals surface area (Å²) in [5.41, 5.74) is 1.30. The SMILES string of the molecule is C=[SiH]C(C)(CCC)C1CCC(/C=C\c2ccccc2)CN1. The Bertz CT molecular complexity index is 460. The second-order valence-corrected chi connectivity index (χ2v) is 8.26. The van der Waals surface area contributed by atoms with Gasteiger partial charge in [0.2, 0.25) is 0 Å². The Kier molecular flexibility index (Phi) is 6.13. The summed E-state index contributed by atoms with van der Waals surface area (Å²) in [6, 6.07) is 11.3. The molecule has 0 saturated carbocycles. The van der Waals surface area contributed by atoms with Gasteiger partial charge in [-0.05, 0) is 44.9 Å². The van der Waals surface area contributed by atoms with Crippen molar-refractivity contribution < 1.29 is 0 Å². The first-order valence-electron chi connectivity index (χ1n) is 8.28. The van der Waals surface area contributed by atoms with E-state index in [1.807, 2.05) is 0 Å². The molecule has 2 rings (SSSR count). The lowest BCUT2D eigenvalue weighted by molar-refractivity contribution is 0.281. The zero-order valence-electron chi connectivity index (χ0n) is 13.5. The first-order valence-corrected chi connectivity index (χ1v) is 9.67. The Balaban J connectivity index is 1.88. The van der Waals surface area contributed by atoms with Crippen LogP contribution in [0.15, 0.2) is 36.4 Å². The van der Waals surface area contributed by atoms with Gasteiger partial charge in [-0.2, -0.15) is 0 Å². The molecule has 1 N–H and O–H groups in total. The zero-order valence-corrected chi connectivity index (χ0v) is 14.7. The number of nitrogens with one attached hydrogen (secondary N) is 1. The summed E-state index contributed by atoms with van der Waals surface area (Å²) in [6.45, 7) is 5.85. The summed E-state index contributed by atoms with van der Waals surface area (Å²) < 4.78 is 0. The average Bonchev–Trinajstić information content (AvgIpc) is 2.54. The van der Waals surface area contributed by atoms with Crippen LogP contribution in [0.5, 0.6) is 0 Å². The molecule has 1 heterocycles. The third-order valence-corrected chi connectivity index (χ3v) is 6.49. The molecular weight excluding hydrogens is 270 g/mol. The maximum absolute atomic E-state index is 4.28. The minimum absolute atomic E-state index is 0.277. The van der Waals surface area contributed by atoms with Gasteiger partial charge in [-0.15, -0.1) is 6.17 Å². The van der Waals surface area contributed by atoms with Crippen LogP contribution in [-0.2, 0) is 0 Å². The molecule has 3 atom stereocenters. The van der Waals surface area contributed by atoms with Crippen molar-refractivity contribution >= 4 is 21.4 Å². The van der Waals surface area contributed by atoms with Crippen molar-refractivity contribution in [2.45, 2.75) is 50.6 Å². The van der Waals surface area contributed by atoms with E-state index in [4.69, 9.17) is 0 Å². The molecule has 0 radical (unpaired) electrons. The van der Waals surface area contributed by atoms with E-state index in [9.17, 15) is 0 Å². The highest BCUT2D eigenvalue weighted by atomic mass is 28.2. The third kappa shape index (κ3) is 4.49. The lowest BCUT2D eigenvalue weighted by Gasteiger charge is -2.40. The monoisotopic (exact) mass is 299 g/mol. The van der Waals surface area contributed by atoms with E-state index in [2.05, 4.69) is 67.8 Å². The number of benzene rings is 1. The highest BCUT2D eigenvalue weighted by Crippen LogP contribution is 2.37. The van der Waals surface area contributed by atoms with E-state index in [0.717, 1.165) is 6.54 Å². The summed E-state index contributed by atoms with van der Waals surface area (Å²) in [4.78, 5) is 0. The molecule has 0 bridgehead atoms. The molecule has 0 amide bonds. The molecule has 1 saturated heterocycles. The number of hydrogen-bond donors (Lipinski definition) is 1. The summed E-state index contributed by atoms with van der Waals surface area (Å²) in [5, 5.41) is 4.26. The molecule has 2 heteroatoms. The fourth-order valence-corrected chi connectivity index (χ4v) is 4.44. The Morgan fingerprint density at radius 3 is 2.67 bits per heavy atom. The topological polar surface area (TPSA) is 12.0 Å². The Morgan fingerprint density at radius 2 is 2.10 bits per heavy atom. The molecule has 21 heavy (non-hydrogen) atoms. The third-order valence-electron chi connectivity index (χ3n) is 4.86. The molecule has 1 aromatic carbocycles.